The number of hydrogen-bond acceptors (Lipinski definition) is 7. The summed E-state index contributed by atoms with van der Waals surface area (Å²) in [5.41, 5.74) is 2.26. The number of H-pyrrole nitrogens is 1. The van der Waals surface area contributed by atoms with Crippen molar-refractivity contribution in [2.75, 3.05) is 25.9 Å². The van der Waals surface area contributed by atoms with Crippen LogP contribution in [0.4, 0.5) is 0 Å². The Balaban J connectivity index is 1.11. The summed E-state index contributed by atoms with van der Waals surface area (Å²) in [6, 6.07) is 4.04. The average molecular weight is 615 g/mol. The second kappa shape index (κ2) is 11.1. The van der Waals surface area contributed by atoms with E-state index in [2.05, 4.69) is 20.5 Å². The molecule has 2 saturated heterocycles. The number of ether oxygens (including phenoxy) is 2. The van der Waals surface area contributed by atoms with Crippen LogP contribution in [0, 0.1) is 25.2 Å². The zero-order chi connectivity index (χ0) is 29.8. The molecular weight excluding hydrogens is 576 g/mol. The summed E-state index contributed by atoms with van der Waals surface area (Å²) in [6.07, 6.45) is 7.67. The van der Waals surface area contributed by atoms with Crippen molar-refractivity contribution >= 4 is 35.2 Å². The van der Waals surface area contributed by atoms with Crippen molar-refractivity contribution in [3.63, 3.8) is 0 Å². The van der Waals surface area contributed by atoms with Gasteiger partial charge < -0.3 is 25.1 Å². The van der Waals surface area contributed by atoms with Crippen molar-refractivity contribution < 1.29 is 19.1 Å². The van der Waals surface area contributed by atoms with Gasteiger partial charge >= 0.3 is 0 Å². The summed E-state index contributed by atoms with van der Waals surface area (Å²) < 4.78 is 12.9. The third-order valence-electron chi connectivity index (χ3n) is 9.79. The van der Waals surface area contributed by atoms with Gasteiger partial charge in [0.1, 0.15) is 0 Å². The van der Waals surface area contributed by atoms with E-state index < -0.39 is 5.79 Å². The van der Waals surface area contributed by atoms with Gasteiger partial charge in [0.2, 0.25) is 5.91 Å². The van der Waals surface area contributed by atoms with Crippen molar-refractivity contribution in [3.8, 4) is 11.5 Å². The Labute approximate surface area is 255 Å². The number of aryl methyl sites for hydroxylation is 1. The number of rotatable bonds is 6. The van der Waals surface area contributed by atoms with Crippen molar-refractivity contribution in [1.29, 1.82) is 0 Å². The van der Waals surface area contributed by atoms with Crippen LogP contribution in [0.25, 0.3) is 0 Å². The predicted molar refractivity (Wildman–Crippen MR) is 163 cm³/mol. The summed E-state index contributed by atoms with van der Waals surface area (Å²) in [7, 11) is 0. The van der Waals surface area contributed by atoms with E-state index in [1.807, 2.05) is 33.1 Å². The highest BCUT2D eigenvalue weighted by atomic mass is 35.5. The molecule has 1 aromatic heterocycles. The lowest BCUT2D eigenvalue weighted by Crippen LogP contribution is -2.47. The van der Waals surface area contributed by atoms with Crippen molar-refractivity contribution in [2.45, 2.75) is 82.6 Å². The van der Waals surface area contributed by atoms with Gasteiger partial charge in [-0.05, 0) is 70.9 Å². The maximum atomic E-state index is 13.3. The smallest absolute Gasteiger partial charge is 0.254 e. The Hall–Kier alpha value is -2.69. The quantitative estimate of drug-likeness (QED) is 0.409. The molecule has 2 aromatic rings. The highest BCUT2D eigenvalue weighted by Gasteiger charge is 2.50. The number of aromatic amines is 1. The molecule has 3 fully saturated rings. The Morgan fingerprint density at radius 1 is 1.17 bits per heavy atom. The first-order valence-electron chi connectivity index (χ1n) is 14.8. The monoisotopic (exact) mass is 614 g/mol. The lowest BCUT2D eigenvalue weighted by Gasteiger charge is -2.40. The van der Waals surface area contributed by atoms with E-state index in [9.17, 15) is 14.4 Å². The van der Waals surface area contributed by atoms with Gasteiger partial charge in [-0.1, -0.05) is 11.6 Å². The molecule has 2 amide bonds. The van der Waals surface area contributed by atoms with Gasteiger partial charge in [0.05, 0.1) is 5.02 Å². The molecule has 1 aliphatic carbocycles. The molecule has 0 bridgehead atoms. The number of fused-ring (bicyclic) bond motifs is 1. The summed E-state index contributed by atoms with van der Waals surface area (Å²) in [5.74, 6) is 0.158. The van der Waals surface area contributed by atoms with Crippen LogP contribution in [-0.4, -0.2) is 59.4 Å². The van der Waals surface area contributed by atoms with Gasteiger partial charge in [-0.3, -0.25) is 19.3 Å². The Kier molecular flexibility index (Phi) is 7.77. The van der Waals surface area contributed by atoms with Crippen LogP contribution in [0.1, 0.15) is 72.6 Å². The minimum Gasteiger partial charge on any atom is -0.448 e. The number of aromatic nitrogens is 1. The van der Waals surface area contributed by atoms with E-state index in [1.165, 1.54) is 11.8 Å². The number of carbonyl (C=O) groups excluding carboxylic acids is 2. The number of nitrogens with one attached hydrogen (secondary N) is 3. The molecule has 3 aliphatic heterocycles. The molecular formula is C31H39ClN4O5S. The van der Waals surface area contributed by atoms with E-state index in [0.717, 1.165) is 62.3 Å². The highest BCUT2D eigenvalue weighted by molar-refractivity contribution is 7.98. The zero-order valence-electron chi connectivity index (χ0n) is 24.7. The average Bonchev–Trinajstić information content (AvgIpc) is 3.67. The van der Waals surface area contributed by atoms with E-state index in [4.69, 9.17) is 21.1 Å². The number of hydrogen-bond donors (Lipinski definition) is 3. The SMILES string of the molecule is CSc1cc(C)[nH]c(=O)c1CNC(=O)c1cc(Cl)c2c(c1C)O[C@](C)([C@H]1CC[C@@H](N3CCC4(CNC(=O)C4)C3)CC1)O2. The summed E-state index contributed by atoms with van der Waals surface area (Å²) in [4.78, 5) is 43.9. The van der Waals surface area contributed by atoms with Gasteiger partial charge in [0.25, 0.3) is 17.3 Å². The maximum absolute atomic E-state index is 13.3. The molecule has 4 aliphatic rings. The van der Waals surface area contributed by atoms with E-state index >= 15 is 0 Å². The van der Waals surface area contributed by atoms with Crippen molar-refractivity contribution in [1.82, 2.24) is 20.5 Å². The Morgan fingerprint density at radius 2 is 1.90 bits per heavy atom. The molecule has 0 radical (unpaired) electrons. The molecule has 226 valence electrons. The van der Waals surface area contributed by atoms with Crippen LogP contribution in [-0.2, 0) is 11.3 Å². The first kappa shape index (κ1) is 29.4. The second-order valence-electron chi connectivity index (χ2n) is 12.6. The Morgan fingerprint density at radius 3 is 2.60 bits per heavy atom. The third-order valence-corrected chi connectivity index (χ3v) is 10.9. The summed E-state index contributed by atoms with van der Waals surface area (Å²) in [6.45, 7) is 8.60. The number of likely N-dealkylation sites (tertiary alicyclic amines) is 1. The first-order valence-corrected chi connectivity index (χ1v) is 16.4. The maximum Gasteiger partial charge on any atom is 0.254 e. The number of nitrogens with zero attached hydrogens (tertiary/aromatic N) is 1. The molecule has 6 rings (SSSR count). The molecule has 11 heteroatoms. The number of amides is 2. The van der Waals surface area contributed by atoms with Crippen LogP contribution in [0.5, 0.6) is 11.5 Å². The van der Waals surface area contributed by atoms with Gasteiger partial charge in [0.15, 0.2) is 11.5 Å². The van der Waals surface area contributed by atoms with Crippen LogP contribution in [0.3, 0.4) is 0 Å². The zero-order valence-corrected chi connectivity index (χ0v) is 26.2. The Bertz CT molecular complexity index is 1490. The molecule has 1 spiro atoms. The predicted octanol–water partition coefficient (Wildman–Crippen LogP) is 4.56. The van der Waals surface area contributed by atoms with Crippen LogP contribution in [0.2, 0.25) is 5.02 Å². The van der Waals surface area contributed by atoms with E-state index in [-0.39, 0.29) is 35.3 Å². The molecule has 1 aromatic carbocycles. The highest BCUT2D eigenvalue weighted by Crippen LogP contribution is 2.52. The molecule has 2 atom stereocenters. The third kappa shape index (κ3) is 5.30. The van der Waals surface area contributed by atoms with E-state index in [0.29, 0.717) is 45.7 Å². The number of carbonyl (C=O) groups is 2. The normalized spacial score (nSPS) is 28.8. The number of pyridine rings is 1. The minimum absolute atomic E-state index is 0.0992. The van der Waals surface area contributed by atoms with Crippen molar-refractivity contribution in [3.05, 3.63) is 49.9 Å². The van der Waals surface area contributed by atoms with Crippen molar-refractivity contribution in [2.24, 2.45) is 11.3 Å². The summed E-state index contributed by atoms with van der Waals surface area (Å²) in [5, 5.41) is 6.25. The topological polar surface area (TPSA) is 113 Å². The number of thioether (sulfide) groups is 1. The van der Waals surface area contributed by atoms with Crippen LogP contribution < -0.4 is 25.7 Å². The minimum atomic E-state index is -0.868. The molecule has 1 saturated carbocycles. The number of benzene rings is 1. The fourth-order valence-electron chi connectivity index (χ4n) is 7.33. The molecule has 3 N–H and O–H groups in total. The molecule has 42 heavy (non-hydrogen) atoms. The fraction of sp³-hybridized carbons (Fsp3) is 0.581. The molecule has 9 nitrogen and oxygen atoms in total. The van der Waals surface area contributed by atoms with Gasteiger partial charge in [-0.2, -0.15) is 0 Å². The van der Waals surface area contributed by atoms with E-state index in [1.54, 1.807) is 6.07 Å². The van der Waals surface area contributed by atoms with Crippen LogP contribution in [0.15, 0.2) is 21.8 Å². The second-order valence-corrected chi connectivity index (χ2v) is 13.9. The number of halogens is 1. The molecule has 4 heterocycles. The lowest BCUT2D eigenvalue weighted by molar-refractivity contribution is -0.124. The first-order chi connectivity index (χ1) is 20.0. The van der Waals surface area contributed by atoms with Gasteiger partial charge in [-0.25, -0.2) is 0 Å². The standard InChI is InChI=1S/C31H39ClN4O5S/c1-17-11-24(42-4)22(29(39)35-17)14-33-28(38)21-12-23(32)27-26(18(21)2)40-30(3,41-27)19-5-7-20(8-6-19)36-10-9-31(16-36)13-25(37)34-15-31/h11-12,19-20H,5-10,13-16H2,1-4H3,(H,33,38)(H,34,37)(H,35,39)/t19-,20+,30-,31?/m0/s1. The fourth-order valence-corrected chi connectivity index (χ4v) is 8.27. The summed E-state index contributed by atoms with van der Waals surface area (Å²) >= 11 is 8.14. The largest absolute Gasteiger partial charge is 0.448 e. The molecule has 1 unspecified atom stereocenters. The van der Waals surface area contributed by atoms with Gasteiger partial charge in [-0.15, -0.1) is 11.8 Å². The van der Waals surface area contributed by atoms with Gasteiger partial charge in [0, 0.05) is 77.6 Å². The van der Waals surface area contributed by atoms with Crippen LogP contribution >= 0.6 is 23.4 Å². The lowest BCUT2D eigenvalue weighted by atomic mass is 9.80.